The summed E-state index contributed by atoms with van der Waals surface area (Å²) in [6.07, 6.45) is 0.909. The highest BCUT2D eigenvalue weighted by atomic mass is 79.9. The van der Waals surface area contributed by atoms with Gasteiger partial charge in [0, 0.05) is 16.8 Å². The van der Waals surface area contributed by atoms with E-state index in [-0.39, 0.29) is 33.5 Å². The number of halogens is 2. The van der Waals surface area contributed by atoms with Crippen LogP contribution in [0.5, 0.6) is 0 Å². The van der Waals surface area contributed by atoms with Crippen molar-refractivity contribution >= 4 is 82.4 Å². The minimum atomic E-state index is 0. The maximum absolute atomic E-state index is 12.0. The fraction of sp³-hybridized carbons (Fsp3) is 0.250. The van der Waals surface area contributed by atoms with Crippen molar-refractivity contribution in [1.82, 2.24) is 4.98 Å². The number of aliphatic imine (C=N–C) groups is 1. The van der Waals surface area contributed by atoms with Gasteiger partial charge in [-0.2, -0.15) is 0 Å². The number of aromatic nitrogens is 1. The van der Waals surface area contributed by atoms with Crippen molar-refractivity contribution in [2.45, 2.75) is 26.3 Å². The zero-order valence-electron chi connectivity index (χ0n) is 15.1. The number of para-hydroxylation sites is 2. The van der Waals surface area contributed by atoms with Crippen molar-refractivity contribution in [1.29, 1.82) is 0 Å². The second kappa shape index (κ2) is 10.2. The highest BCUT2D eigenvalue weighted by molar-refractivity contribution is 9.09. The van der Waals surface area contributed by atoms with Gasteiger partial charge >= 0.3 is 0 Å². The topological polar surface area (TPSA) is 54.4 Å². The molecular formula is C20H21Br2N3OS. The monoisotopic (exact) mass is 509 g/mol. The molecule has 2 aromatic carbocycles. The van der Waals surface area contributed by atoms with Gasteiger partial charge in [0.05, 0.1) is 22.1 Å². The number of thioether (sulfide) groups is 1. The standard InChI is InChI=1S/C20H20BrN3OS.BrH/c1-3-13(2)22-20(26-18(25)12-21)24-19-14-8-4-6-10-16(14)23-17-11-7-5-9-15(17)19;/h4-11,13H,3,12H2,1-2H3,(H,22,23,24);1H. The first-order chi connectivity index (χ1) is 12.6. The van der Waals surface area contributed by atoms with Gasteiger partial charge in [-0.25, -0.2) is 4.98 Å². The zero-order valence-corrected chi connectivity index (χ0v) is 19.2. The highest BCUT2D eigenvalue weighted by Gasteiger charge is 2.14. The quantitative estimate of drug-likeness (QED) is 0.197. The molecule has 142 valence electrons. The highest BCUT2D eigenvalue weighted by Crippen LogP contribution is 2.31. The minimum Gasteiger partial charge on any atom is -0.333 e. The predicted octanol–water partition coefficient (Wildman–Crippen LogP) is 6.19. The lowest BCUT2D eigenvalue weighted by atomic mass is 10.1. The van der Waals surface area contributed by atoms with E-state index >= 15 is 0 Å². The Hall–Kier alpha value is -1.44. The normalized spacial score (nSPS) is 12.6. The second-order valence-corrected chi connectivity index (χ2v) is 7.55. The van der Waals surface area contributed by atoms with Gasteiger partial charge < -0.3 is 5.32 Å². The van der Waals surface area contributed by atoms with Crippen molar-refractivity contribution < 1.29 is 4.79 Å². The number of rotatable bonds is 4. The molecule has 0 aliphatic heterocycles. The first kappa shape index (κ1) is 21.9. The van der Waals surface area contributed by atoms with E-state index in [4.69, 9.17) is 9.98 Å². The summed E-state index contributed by atoms with van der Waals surface area (Å²) in [5.41, 5.74) is 2.75. The third-order valence-corrected chi connectivity index (χ3v) is 5.72. The molecule has 3 rings (SSSR count). The van der Waals surface area contributed by atoms with Crippen LogP contribution in [0.1, 0.15) is 20.3 Å². The van der Waals surface area contributed by atoms with Crippen molar-refractivity contribution in [2.75, 3.05) is 10.6 Å². The number of nitrogens with one attached hydrogen (secondary N) is 1. The zero-order chi connectivity index (χ0) is 18.5. The van der Waals surface area contributed by atoms with Crippen LogP contribution in [0.3, 0.4) is 0 Å². The molecular weight excluding hydrogens is 490 g/mol. The first-order valence-electron chi connectivity index (χ1n) is 8.51. The lowest BCUT2D eigenvalue weighted by Crippen LogP contribution is -2.15. The van der Waals surface area contributed by atoms with E-state index < -0.39 is 0 Å². The van der Waals surface area contributed by atoms with E-state index in [1.165, 1.54) is 0 Å². The molecule has 0 radical (unpaired) electrons. The van der Waals surface area contributed by atoms with Gasteiger partial charge in [-0.3, -0.25) is 9.79 Å². The summed E-state index contributed by atoms with van der Waals surface area (Å²) in [6.45, 7) is 4.13. The molecule has 0 amide bonds. The van der Waals surface area contributed by atoms with Gasteiger partial charge in [0.15, 0.2) is 5.17 Å². The molecule has 3 aromatic rings. The summed E-state index contributed by atoms with van der Waals surface area (Å²) < 4.78 is 0. The summed E-state index contributed by atoms with van der Waals surface area (Å²) in [5.74, 6) is 0. The van der Waals surface area contributed by atoms with Crippen LogP contribution in [0.4, 0.5) is 5.69 Å². The molecule has 0 aliphatic carbocycles. The maximum Gasteiger partial charge on any atom is 0.207 e. The van der Waals surface area contributed by atoms with E-state index in [1.54, 1.807) is 0 Å². The number of pyridine rings is 1. The van der Waals surface area contributed by atoms with Crippen LogP contribution < -0.4 is 5.32 Å². The first-order valence-corrected chi connectivity index (χ1v) is 10.4. The van der Waals surface area contributed by atoms with E-state index in [0.29, 0.717) is 5.17 Å². The number of hydrogen-bond acceptors (Lipinski definition) is 4. The number of amidine groups is 1. The molecule has 0 bridgehead atoms. The predicted molar refractivity (Wildman–Crippen MR) is 127 cm³/mol. The average molecular weight is 511 g/mol. The third-order valence-electron chi connectivity index (χ3n) is 4.07. The number of fused-ring (bicyclic) bond motifs is 2. The Morgan fingerprint density at radius 1 is 1.15 bits per heavy atom. The molecule has 1 aromatic heterocycles. The number of anilines is 1. The van der Waals surface area contributed by atoms with Gasteiger partial charge in [0.25, 0.3) is 0 Å². The van der Waals surface area contributed by atoms with Crippen molar-refractivity contribution in [3.63, 3.8) is 0 Å². The molecule has 7 heteroatoms. The van der Waals surface area contributed by atoms with E-state index in [0.717, 1.165) is 45.7 Å². The van der Waals surface area contributed by atoms with Gasteiger partial charge in [-0.1, -0.05) is 59.3 Å². The molecule has 1 unspecified atom stereocenters. The minimum absolute atomic E-state index is 0. The Morgan fingerprint density at radius 3 is 2.22 bits per heavy atom. The maximum atomic E-state index is 12.0. The Labute approximate surface area is 182 Å². The molecule has 0 saturated carbocycles. The Morgan fingerprint density at radius 2 is 1.70 bits per heavy atom. The number of alkyl halides is 1. The summed E-state index contributed by atoms with van der Waals surface area (Å²) in [5, 5.41) is 6.37. The lowest BCUT2D eigenvalue weighted by Gasteiger charge is -2.15. The van der Waals surface area contributed by atoms with Crippen LogP contribution >= 0.6 is 44.7 Å². The fourth-order valence-corrected chi connectivity index (χ4v) is 3.59. The largest absolute Gasteiger partial charge is 0.333 e. The van der Waals surface area contributed by atoms with E-state index in [2.05, 4.69) is 28.2 Å². The molecule has 1 heterocycles. The summed E-state index contributed by atoms with van der Waals surface area (Å²) >= 11 is 4.36. The molecule has 1 atom stereocenters. The van der Waals surface area contributed by atoms with Crippen LogP contribution in [0.25, 0.3) is 21.8 Å². The van der Waals surface area contributed by atoms with Crippen molar-refractivity contribution in [3.8, 4) is 0 Å². The fourth-order valence-electron chi connectivity index (χ4n) is 2.59. The summed E-state index contributed by atoms with van der Waals surface area (Å²) in [4.78, 5) is 21.4. The van der Waals surface area contributed by atoms with E-state index in [1.807, 2.05) is 55.5 Å². The van der Waals surface area contributed by atoms with Crippen LogP contribution in [0.15, 0.2) is 53.5 Å². The van der Waals surface area contributed by atoms with Crippen LogP contribution in [0.2, 0.25) is 0 Å². The number of benzene rings is 2. The summed E-state index contributed by atoms with van der Waals surface area (Å²) in [6, 6.07) is 16.1. The number of carbonyl (C=O) groups is 1. The molecule has 0 saturated heterocycles. The van der Waals surface area contributed by atoms with Crippen molar-refractivity contribution in [2.24, 2.45) is 4.99 Å². The second-order valence-electron chi connectivity index (χ2n) is 5.95. The number of nitrogens with zero attached hydrogens (tertiary/aromatic N) is 2. The number of carbonyl (C=O) groups excluding carboxylic acids is 1. The van der Waals surface area contributed by atoms with Crippen LogP contribution in [0, 0.1) is 0 Å². The Kier molecular flexibility index (Phi) is 8.26. The summed E-state index contributed by atoms with van der Waals surface area (Å²) in [7, 11) is 0. The Bertz CT molecular complexity index is 924. The van der Waals surface area contributed by atoms with Gasteiger partial charge in [0.1, 0.15) is 0 Å². The van der Waals surface area contributed by atoms with E-state index in [9.17, 15) is 4.79 Å². The molecule has 0 fully saturated rings. The van der Waals surface area contributed by atoms with Crippen LogP contribution in [-0.4, -0.2) is 26.6 Å². The Balaban J connectivity index is 0.00000261. The molecule has 0 aliphatic rings. The molecule has 1 N–H and O–H groups in total. The number of hydrogen-bond donors (Lipinski definition) is 1. The molecule has 0 spiro atoms. The lowest BCUT2D eigenvalue weighted by molar-refractivity contribution is -0.108. The van der Waals surface area contributed by atoms with Crippen molar-refractivity contribution in [3.05, 3.63) is 48.5 Å². The van der Waals surface area contributed by atoms with Crippen LogP contribution in [-0.2, 0) is 4.79 Å². The molecule has 27 heavy (non-hydrogen) atoms. The third kappa shape index (κ3) is 5.30. The average Bonchev–Trinajstić information content (AvgIpc) is 2.67. The van der Waals surface area contributed by atoms with Gasteiger partial charge in [0.2, 0.25) is 5.12 Å². The smallest absolute Gasteiger partial charge is 0.207 e. The van der Waals surface area contributed by atoms with Gasteiger partial charge in [-0.05, 0) is 37.2 Å². The molecule has 4 nitrogen and oxygen atoms in total. The SMILES string of the molecule is Br.CCC(C)N=C(Nc1c2ccccc2nc2ccccc12)SC(=O)CBr. The van der Waals surface area contributed by atoms with Gasteiger partial charge in [-0.15, -0.1) is 17.0 Å².